The van der Waals surface area contributed by atoms with E-state index in [-0.39, 0.29) is 16.8 Å². The van der Waals surface area contributed by atoms with E-state index in [0.29, 0.717) is 5.56 Å². The van der Waals surface area contributed by atoms with Gasteiger partial charge in [-0.2, -0.15) is 4.31 Å². The molecule has 0 bridgehead atoms. The molecular formula is C12H18N2O3S. The van der Waals surface area contributed by atoms with Crippen molar-refractivity contribution in [1.29, 1.82) is 0 Å². The molecule has 6 heteroatoms. The van der Waals surface area contributed by atoms with Crippen LogP contribution >= 0.6 is 0 Å². The second-order valence-corrected chi connectivity index (χ2v) is 6.22. The molecule has 0 aliphatic rings. The first kappa shape index (κ1) is 14.7. The van der Waals surface area contributed by atoms with E-state index in [4.69, 9.17) is 0 Å². The third kappa shape index (κ3) is 2.88. The highest BCUT2D eigenvalue weighted by Gasteiger charge is 2.22. The van der Waals surface area contributed by atoms with Gasteiger partial charge in [0.15, 0.2) is 0 Å². The molecule has 0 unspecified atom stereocenters. The number of nitrogens with zero attached hydrogens (tertiary/aromatic N) is 1. The summed E-state index contributed by atoms with van der Waals surface area (Å²) < 4.78 is 25.6. The molecule has 0 atom stereocenters. The molecule has 1 rings (SSSR count). The minimum absolute atomic E-state index is 0.117. The largest absolute Gasteiger partial charge is 0.355 e. The molecule has 0 saturated heterocycles. The van der Waals surface area contributed by atoms with Crippen molar-refractivity contribution >= 4 is 15.9 Å². The Morgan fingerprint density at radius 3 is 2.11 bits per heavy atom. The number of amides is 1. The standard InChI is InChI=1S/C12H18N2O3S/c1-9(2)14(4)18(16,17)11-7-5-10(6-8-11)12(15)13-3/h5-9H,1-4H3,(H,13,15). The molecule has 0 fully saturated rings. The first-order chi connectivity index (χ1) is 8.30. The average Bonchev–Trinajstić information content (AvgIpc) is 2.36. The van der Waals surface area contributed by atoms with Crippen molar-refractivity contribution in [2.45, 2.75) is 24.8 Å². The van der Waals surface area contributed by atoms with Gasteiger partial charge in [0.2, 0.25) is 10.0 Å². The van der Waals surface area contributed by atoms with Crippen molar-refractivity contribution in [2.24, 2.45) is 0 Å². The van der Waals surface area contributed by atoms with Crippen molar-refractivity contribution in [3.8, 4) is 0 Å². The molecule has 0 aromatic heterocycles. The molecule has 100 valence electrons. The van der Waals surface area contributed by atoms with E-state index < -0.39 is 10.0 Å². The number of carbonyl (C=O) groups excluding carboxylic acids is 1. The van der Waals surface area contributed by atoms with Gasteiger partial charge >= 0.3 is 0 Å². The van der Waals surface area contributed by atoms with E-state index in [9.17, 15) is 13.2 Å². The van der Waals surface area contributed by atoms with Crippen LogP contribution in [0.4, 0.5) is 0 Å². The van der Waals surface area contributed by atoms with Crippen LogP contribution in [-0.4, -0.2) is 38.8 Å². The van der Waals surface area contributed by atoms with Crippen molar-refractivity contribution in [3.05, 3.63) is 29.8 Å². The van der Waals surface area contributed by atoms with Crippen molar-refractivity contribution < 1.29 is 13.2 Å². The van der Waals surface area contributed by atoms with Crippen LogP contribution in [-0.2, 0) is 10.0 Å². The number of rotatable bonds is 4. The summed E-state index contributed by atoms with van der Waals surface area (Å²) in [6, 6.07) is 5.77. The summed E-state index contributed by atoms with van der Waals surface area (Å²) in [6.45, 7) is 3.60. The van der Waals surface area contributed by atoms with Crippen LogP contribution in [0.25, 0.3) is 0 Å². The highest BCUT2D eigenvalue weighted by Crippen LogP contribution is 2.17. The second kappa shape index (κ2) is 5.49. The fraction of sp³-hybridized carbons (Fsp3) is 0.417. The van der Waals surface area contributed by atoms with Crippen LogP contribution in [0.3, 0.4) is 0 Å². The van der Waals surface area contributed by atoms with Crippen molar-refractivity contribution in [3.63, 3.8) is 0 Å². The maximum Gasteiger partial charge on any atom is 0.251 e. The summed E-state index contributed by atoms with van der Waals surface area (Å²) in [6.07, 6.45) is 0. The number of sulfonamides is 1. The summed E-state index contributed by atoms with van der Waals surface area (Å²) in [4.78, 5) is 11.5. The molecule has 1 aromatic carbocycles. The van der Waals surface area contributed by atoms with E-state index in [0.717, 1.165) is 0 Å². The number of hydrogen-bond acceptors (Lipinski definition) is 3. The molecule has 5 nitrogen and oxygen atoms in total. The van der Waals surface area contributed by atoms with E-state index in [1.165, 1.54) is 42.7 Å². The van der Waals surface area contributed by atoms with Gasteiger partial charge in [-0.15, -0.1) is 0 Å². The van der Waals surface area contributed by atoms with Gasteiger partial charge in [0.25, 0.3) is 5.91 Å². The van der Waals surface area contributed by atoms with Gasteiger partial charge < -0.3 is 5.32 Å². The summed E-state index contributed by atoms with van der Waals surface area (Å²) >= 11 is 0. The number of benzene rings is 1. The number of hydrogen-bond donors (Lipinski definition) is 1. The Morgan fingerprint density at radius 1 is 1.22 bits per heavy atom. The smallest absolute Gasteiger partial charge is 0.251 e. The maximum atomic E-state index is 12.1. The topological polar surface area (TPSA) is 66.5 Å². The van der Waals surface area contributed by atoms with E-state index in [2.05, 4.69) is 5.32 Å². The zero-order valence-electron chi connectivity index (χ0n) is 11.0. The molecular weight excluding hydrogens is 252 g/mol. The van der Waals surface area contributed by atoms with Gasteiger partial charge in [-0.05, 0) is 38.1 Å². The van der Waals surface area contributed by atoms with Gasteiger partial charge in [-0.1, -0.05) is 0 Å². The van der Waals surface area contributed by atoms with Gasteiger partial charge in [0.05, 0.1) is 4.90 Å². The number of nitrogens with one attached hydrogen (secondary N) is 1. The Labute approximate surface area is 108 Å². The lowest BCUT2D eigenvalue weighted by Gasteiger charge is -2.20. The average molecular weight is 270 g/mol. The number of carbonyl (C=O) groups is 1. The molecule has 0 spiro atoms. The molecule has 0 heterocycles. The van der Waals surface area contributed by atoms with Gasteiger partial charge in [-0.25, -0.2) is 8.42 Å². The molecule has 18 heavy (non-hydrogen) atoms. The lowest BCUT2D eigenvalue weighted by atomic mass is 10.2. The first-order valence-corrected chi connectivity index (χ1v) is 7.05. The quantitative estimate of drug-likeness (QED) is 0.890. The zero-order chi connectivity index (χ0) is 13.9. The zero-order valence-corrected chi connectivity index (χ0v) is 11.8. The van der Waals surface area contributed by atoms with Crippen LogP contribution in [0.5, 0.6) is 0 Å². The monoisotopic (exact) mass is 270 g/mol. The van der Waals surface area contributed by atoms with E-state index in [1.54, 1.807) is 13.8 Å². The molecule has 1 amide bonds. The lowest BCUT2D eigenvalue weighted by Crippen LogP contribution is -2.33. The molecule has 0 saturated carbocycles. The van der Waals surface area contributed by atoms with E-state index >= 15 is 0 Å². The van der Waals surface area contributed by atoms with Crippen molar-refractivity contribution in [2.75, 3.05) is 14.1 Å². The Morgan fingerprint density at radius 2 is 1.72 bits per heavy atom. The molecule has 0 aliphatic carbocycles. The minimum atomic E-state index is -3.49. The summed E-state index contributed by atoms with van der Waals surface area (Å²) in [5.41, 5.74) is 0.434. The molecule has 0 radical (unpaired) electrons. The molecule has 0 aliphatic heterocycles. The highest BCUT2D eigenvalue weighted by molar-refractivity contribution is 7.89. The van der Waals surface area contributed by atoms with Crippen LogP contribution in [0.15, 0.2) is 29.2 Å². The maximum absolute atomic E-state index is 12.1. The van der Waals surface area contributed by atoms with Crippen molar-refractivity contribution in [1.82, 2.24) is 9.62 Å². The Hall–Kier alpha value is -1.40. The van der Waals surface area contributed by atoms with Crippen LogP contribution in [0, 0.1) is 0 Å². The second-order valence-electron chi connectivity index (χ2n) is 4.22. The van der Waals surface area contributed by atoms with Gasteiger partial charge in [0.1, 0.15) is 0 Å². The normalized spacial score (nSPS) is 11.9. The third-order valence-corrected chi connectivity index (χ3v) is 4.80. The minimum Gasteiger partial charge on any atom is -0.355 e. The van der Waals surface area contributed by atoms with E-state index in [1.807, 2.05) is 0 Å². The lowest BCUT2D eigenvalue weighted by molar-refractivity contribution is 0.0963. The Kier molecular flexibility index (Phi) is 4.48. The fourth-order valence-electron chi connectivity index (χ4n) is 1.37. The highest BCUT2D eigenvalue weighted by atomic mass is 32.2. The Bertz CT molecular complexity index is 521. The summed E-state index contributed by atoms with van der Waals surface area (Å²) in [7, 11) is -0.424. The molecule has 1 aromatic rings. The SMILES string of the molecule is CNC(=O)c1ccc(S(=O)(=O)N(C)C(C)C)cc1. The summed E-state index contributed by atoms with van der Waals surface area (Å²) in [5.74, 6) is -0.240. The summed E-state index contributed by atoms with van der Waals surface area (Å²) in [5, 5.41) is 2.48. The first-order valence-electron chi connectivity index (χ1n) is 5.61. The van der Waals surface area contributed by atoms with Crippen LogP contribution in [0.2, 0.25) is 0 Å². The van der Waals surface area contributed by atoms with Gasteiger partial charge in [0, 0.05) is 25.7 Å². The predicted octanol–water partition coefficient (Wildman–Crippen LogP) is 1.08. The Balaban J connectivity index is 3.09. The molecule has 1 N–H and O–H groups in total. The van der Waals surface area contributed by atoms with Crippen LogP contribution in [0.1, 0.15) is 24.2 Å². The predicted molar refractivity (Wildman–Crippen MR) is 69.9 cm³/mol. The van der Waals surface area contributed by atoms with Crippen LogP contribution < -0.4 is 5.32 Å². The third-order valence-electron chi connectivity index (χ3n) is 2.75. The van der Waals surface area contributed by atoms with Gasteiger partial charge in [-0.3, -0.25) is 4.79 Å². The fourth-order valence-corrected chi connectivity index (χ4v) is 2.73.